The predicted octanol–water partition coefficient (Wildman–Crippen LogP) is 3.12. The Bertz CT molecular complexity index is 856. The predicted molar refractivity (Wildman–Crippen MR) is 134 cm³/mol. The first kappa shape index (κ1) is 24.8. The fourth-order valence-electron chi connectivity index (χ4n) is 3.63. The van der Waals surface area contributed by atoms with Gasteiger partial charge in [-0.25, -0.2) is 0 Å². The fourth-order valence-corrected chi connectivity index (χ4v) is 3.63. The minimum absolute atomic E-state index is 0. The van der Waals surface area contributed by atoms with Gasteiger partial charge in [-0.05, 0) is 48.4 Å². The topological polar surface area (TPSA) is 75.2 Å². The summed E-state index contributed by atoms with van der Waals surface area (Å²) in [5.41, 5.74) is 1.93. The number of nitrogens with one attached hydrogen (secondary N) is 2. The van der Waals surface area contributed by atoms with Gasteiger partial charge in [0.1, 0.15) is 11.5 Å². The maximum Gasteiger partial charge on any atom is 0.251 e. The number of hydrogen-bond donors (Lipinski definition) is 2. The number of ether oxygens (including phenoxy) is 2. The first-order chi connectivity index (χ1) is 14.6. The molecular formula is C23H31IN4O3. The Balaban J connectivity index is 0.00000341. The molecule has 2 N–H and O–H groups in total. The highest BCUT2D eigenvalue weighted by Crippen LogP contribution is 2.28. The molecule has 1 aliphatic heterocycles. The number of rotatable bonds is 7. The molecule has 1 aliphatic rings. The van der Waals surface area contributed by atoms with Crippen LogP contribution in [0.4, 0.5) is 0 Å². The summed E-state index contributed by atoms with van der Waals surface area (Å²) in [6.45, 7) is 3.00. The molecule has 3 rings (SSSR count). The Morgan fingerprint density at radius 3 is 2.16 bits per heavy atom. The highest BCUT2D eigenvalue weighted by Gasteiger charge is 2.26. The first-order valence-electron chi connectivity index (χ1n) is 10.2. The van der Waals surface area contributed by atoms with E-state index < -0.39 is 0 Å². The lowest BCUT2D eigenvalue weighted by Crippen LogP contribution is -2.43. The molecule has 2 aromatic rings. The molecule has 2 aromatic carbocycles. The summed E-state index contributed by atoms with van der Waals surface area (Å²) >= 11 is 0. The van der Waals surface area contributed by atoms with Crippen LogP contribution < -0.4 is 20.1 Å². The third kappa shape index (κ3) is 6.75. The minimum atomic E-state index is -0.102. The Morgan fingerprint density at radius 1 is 1.00 bits per heavy atom. The molecule has 1 atom stereocenters. The molecule has 0 bridgehead atoms. The number of nitrogens with zero attached hydrogens (tertiary/aromatic N) is 2. The van der Waals surface area contributed by atoms with Crippen molar-refractivity contribution >= 4 is 35.8 Å². The summed E-state index contributed by atoms with van der Waals surface area (Å²) in [5, 5.41) is 6.27. The third-order valence-corrected chi connectivity index (χ3v) is 5.33. The largest absolute Gasteiger partial charge is 0.497 e. The molecule has 1 unspecified atom stereocenters. The molecule has 0 spiro atoms. The molecule has 1 saturated heterocycles. The molecular weight excluding hydrogens is 507 g/mol. The van der Waals surface area contributed by atoms with Crippen LogP contribution in [0.2, 0.25) is 0 Å². The van der Waals surface area contributed by atoms with E-state index in [4.69, 9.17) is 9.47 Å². The Hall–Kier alpha value is -2.49. The zero-order valence-corrected chi connectivity index (χ0v) is 20.6. The molecule has 0 aromatic heterocycles. The van der Waals surface area contributed by atoms with Crippen LogP contribution in [0.1, 0.15) is 28.3 Å². The van der Waals surface area contributed by atoms with E-state index in [9.17, 15) is 4.79 Å². The van der Waals surface area contributed by atoms with Gasteiger partial charge in [-0.2, -0.15) is 0 Å². The first-order valence-corrected chi connectivity index (χ1v) is 10.2. The Kier molecular flexibility index (Phi) is 9.90. The van der Waals surface area contributed by atoms with Crippen molar-refractivity contribution in [2.45, 2.75) is 12.3 Å². The van der Waals surface area contributed by atoms with Gasteiger partial charge in [-0.1, -0.05) is 12.1 Å². The van der Waals surface area contributed by atoms with E-state index >= 15 is 0 Å². The van der Waals surface area contributed by atoms with Gasteiger partial charge in [0.05, 0.1) is 14.2 Å². The normalized spacial score (nSPS) is 15.8. The van der Waals surface area contributed by atoms with Crippen LogP contribution in [0.5, 0.6) is 11.5 Å². The second-order valence-corrected chi connectivity index (χ2v) is 7.16. The summed E-state index contributed by atoms with van der Waals surface area (Å²) in [5.74, 6) is 2.85. The zero-order valence-electron chi connectivity index (χ0n) is 18.3. The van der Waals surface area contributed by atoms with Crippen LogP contribution in [0.3, 0.4) is 0 Å². The van der Waals surface area contributed by atoms with Crippen molar-refractivity contribution in [3.05, 3.63) is 59.7 Å². The molecule has 0 radical (unpaired) electrons. The number of aliphatic imine (C=N–C) groups is 1. The summed E-state index contributed by atoms with van der Waals surface area (Å²) in [4.78, 5) is 18.9. The average Bonchev–Trinajstić information content (AvgIpc) is 3.29. The van der Waals surface area contributed by atoms with E-state index in [0.29, 0.717) is 24.6 Å². The monoisotopic (exact) mass is 538 g/mol. The standard InChI is InChI=1S/C23H30N4O3.HI/c1-24-23(26-14-13-25-22(28)18-6-10-21(30-3)11-7-18)27-15-12-19(16-27)17-4-8-20(29-2)9-5-17;/h4-11,19H,12-16H2,1-3H3,(H,24,26)(H,25,28);1H. The molecule has 168 valence electrons. The summed E-state index contributed by atoms with van der Waals surface area (Å²) in [6.07, 6.45) is 1.08. The van der Waals surface area contributed by atoms with E-state index in [1.54, 1.807) is 45.5 Å². The van der Waals surface area contributed by atoms with Crippen LogP contribution in [0.15, 0.2) is 53.5 Å². The van der Waals surface area contributed by atoms with Gasteiger partial charge in [0, 0.05) is 44.7 Å². The molecule has 8 heteroatoms. The van der Waals surface area contributed by atoms with E-state index in [1.165, 1.54) is 5.56 Å². The maximum atomic E-state index is 12.2. The quantitative estimate of drug-likeness (QED) is 0.245. The third-order valence-electron chi connectivity index (χ3n) is 5.33. The van der Waals surface area contributed by atoms with Crippen molar-refractivity contribution in [3.63, 3.8) is 0 Å². The van der Waals surface area contributed by atoms with Crippen LogP contribution in [0, 0.1) is 0 Å². The van der Waals surface area contributed by atoms with Gasteiger partial charge < -0.3 is 25.0 Å². The highest BCUT2D eigenvalue weighted by molar-refractivity contribution is 14.0. The second-order valence-electron chi connectivity index (χ2n) is 7.16. The molecule has 1 amide bonds. The van der Waals surface area contributed by atoms with Crippen molar-refractivity contribution in [3.8, 4) is 11.5 Å². The van der Waals surface area contributed by atoms with E-state index in [-0.39, 0.29) is 29.9 Å². The average molecular weight is 538 g/mol. The molecule has 0 saturated carbocycles. The van der Waals surface area contributed by atoms with Crippen molar-refractivity contribution in [2.24, 2.45) is 4.99 Å². The van der Waals surface area contributed by atoms with Crippen LogP contribution in [-0.4, -0.2) is 64.2 Å². The number of carbonyl (C=O) groups is 1. The van der Waals surface area contributed by atoms with Crippen molar-refractivity contribution < 1.29 is 14.3 Å². The van der Waals surface area contributed by atoms with Crippen LogP contribution in [-0.2, 0) is 0 Å². The number of halogens is 1. The van der Waals surface area contributed by atoms with Gasteiger partial charge >= 0.3 is 0 Å². The van der Waals surface area contributed by atoms with Gasteiger partial charge in [-0.15, -0.1) is 24.0 Å². The molecule has 1 heterocycles. The number of benzene rings is 2. The minimum Gasteiger partial charge on any atom is -0.497 e. The lowest BCUT2D eigenvalue weighted by Gasteiger charge is -2.22. The summed E-state index contributed by atoms with van der Waals surface area (Å²) < 4.78 is 10.4. The molecule has 7 nitrogen and oxygen atoms in total. The SMILES string of the molecule is CN=C(NCCNC(=O)c1ccc(OC)cc1)N1CCC(c2ccc(OC)cc2)C1.I. The van der Waals surface area contributed by atoms with Gasteiger partial charge in [0.2, 0.25) is 0 Å². The van der Waals surface area contributed by atoms with Crippen molar-refractivity contribution in [1.29, 1.82) is 0 Å². The summed E-state index contributed by atoms with van der Waals surface area (Å²) in [6, 6.07) is 15.4. The molecule has 1 fully saturated rings. The molecule has 31 heavy (non-hydrogen) atoms. The number of guanidine groups is 1. The fraction of sp³-hybridized carbons (Fsp3) is 0.391. The lowest BCUT2D eigenvalue weighted by atomic mass is 9.98. The maximum absolute atomic E-state index is 12.2. The van der Waals surface area contributed by atoms with Crippen LogP contribution >= 0.6 is 24.0 Å². The Morgan fingerprint density at radius 2 is 1.58 bits per heavy atom. The second kappa shape index (κ2) is 12.4. The number of methoxy groups -OCH3 is 2. The van der Waals surface area contributed by atoms with Gasteiger partial charge in [-0.3, -0.25) is 9.79 Å². The summed E-state index contributed by atoms with van der Waals surface area (Å²) in [7, 11) is 5.08. The number of likely N-dealkylation sites (tertiary alicyclic amines) is 1. The number of carbonyl (C=O) groups excluding carboxylic acids is 1. The van der Waals surface area contributed by atoms with E-state index in [0.717, 1.165) is 37.0 Å². The van der Waals surface area contributed by atoms with E-state index in [2.05, 4.69) is 32.7 Å². The Labute approximate surface area is 201 Å². The van der Waals surface area contributed by atoms with Crippen LogP contribution in [0.25, 0.3) is 0 Å². The van der Waals surface area contributed by atoms with Crippen molar-refractivity contribution in [2.75, 3.05) is 47.4 Å². The van der Waals surface area contributed by atoms with Crippen molar-refractivity contribution in [1.82, 2.24) is 15.5 Å². The highest BCUT2D eigenvalue weighted by atomic mass is 127. The zero-order chi connectivity index (χ0) is 21.3. The van der Waals surface area contributed by atoms with Gasteiger partial charge in [0.15, 0.2) is 5.96 Å². The lowest BCUT2D eigenvalue weighted by molar-refractivity contribution is 0.0954. The molecule has 0 aliphatic carbocycles. The number of hydrogen-bond acceptors (Lipinski definition) is 4. The van der Waals surface area contributed by atoms with E-state index in [1.807, 2.05) is 12.1 Å². The number of amides is 1. The smallest absolute Gasteiger partial charge is 0.251 e. The van der Waals surface area contributed by atoms with Gasteiger partial charge in [0.25, 0.3) is 5.91 Å².